The van der Waals surface area contributed by atoms with E-state index >= 15 is 0 Å². The first kappa shape index (κ1) is 15.4. The largest absolute Gasteiger partial charge is 0.416 e. The van der Waals surface area contributed by atoms with Gasteiger partial charge in [0, 0.05) is 23.5 Å². The number of pyridine rings is 1. The van der Waals surface area contributed by atoms with Gasteiger partial charge in [0.1, 0.15) is 6.10 Å². The van der Waals surface area contributed by atoms with Crippen molar-refractivity contribution >= 4 is 0 Å². The molecule has 1 heterocycles. The molecule has 0 radical (unpaired) electrons. The van der Waals surface area contributed by atoms with Crippen molar-refractivity contribution in [3.63, 3.8) is 0 Å². The summed E-state index contributed by atoms with van der Waals surface area (Å²) in [5.74, 6) is 0. The van der Waals surface area contributed by atoms with Crippen molar-refractivity contribution in [2.45, 2.75) is 18.7 Å². The number of benzene rings is 1. The Balaban J connectivity index is 2.38. The monoisotopic (exact) mass is 303 g/mol. The van der Waals surface area contributed by atoms with Crippen molar-refractivity contribution in [2.75, 3.05) is 0 Å². The summed E-state index contributed by atoms with van der Waals surface area (Å²) in [5, 5.41) is 10.0. The Morgan fingerprint density at radius 2 is 1.52 bits per heavy atom. The first-order valence-electron chi connectivity index (χ1n) is 5.88. The average molecular weight is 303 g/mol. The van der Waals surface area contributed by atoms with Crippen molar-refractivity contribution in [3.8, 4) is 0 Å². The highest BCUT2D eigenvalue weighted by molar-refractivity contribution is 5.36. The van der Waals surface area contributed by atoms with Gasteiger partial charge in [-0.05, 0) is 11.6 Å². The summed E-state index contributed by atoms with van der Waals surface area (Å²) in [7, 11) is 0. The van der Waals surface area contributed by atoms with Crippen LogP contribution in [-0.4, -0.2) is 10.1 Å². The van der Waals surface area contributed by atoms with Gasteiger partial charge in [0.2, 0.25) is 0 Å². The van der Waals surface area contributed by atoms with Crippen LogP contribution in [0.15, 0.2) is 42.7 Å². The van der Waals surface area contributed by atoms with E-state index < -0.39 is 29.8 Å². The van der Waals surface area contributed by atoms with Crippen LogP contribution in [0.2, 0.25) is 0 Å². The third-order valence-corrected chi connectivity index (χ3v) is 2.96. The normalized spacial score (nSPS) is 13.5. The topological polar surface area (TPSA) is 33.1 Å². The highest BCUT2D eigenvalue weighted by Crippen LogP contribution is 2.36. The molecule has 1 aromatic heterocycles. The molecule has 2 rings (SSSR count). The molecule has 1 unspecified atom stereocenters. The molecule has 0 aliphatic rings. The van der Waals surface area contributed by atoms with Crippen LogP contribution in [0.25, 0.3) is 0 Å². The molecule has 2 aromatic rings. The fourth-order valence-electron chi connectivity index (χ4n) is 1.89. The zero-order chi connectivity index (χ0) is 15.6. The van der Waals surface area contributed by atoms with Gasteiger partial charge in [-0.1, -0.05) is 24.3 Å². The summed E-state index contributed by atoms with van der Waals surface area (Å²) in [6.07, 6.45) is -7.03. The van der Waals surface area contributed by atoms with Gasteiger partial charge in [0.25, 0.3) is 6.43 Å². The molecule has 1 aromatic carbocycles. The van der Waals surface area contributed by atoms with Crippen LogP contribution >= 0.6 is 0 Å². The van der Waals surface area contributed by atoms with E-state index in [-0.39, 0.29) is 11.1 Å². The van der Waals surface area contributed by atoms with Crippen molar-refractivity contribution in [1.29, 1.82) is 0 Å². The van der Waals surface area contributed by atoms with Crippen molar-refractivity contribution in [2.24, 2.45) is 0 Å². The molecular formula is C14H10F5NO. The Morgan fingerprint density at radius 3 is 2.05 bits per heavy atom. The highest BCUT2D eigenvalue weighted by Gasteiger charge is 2.35. The summed E-state index contributed by atoms with van der Waals surface area (Å²) >= 11 is 0. The number of aliphatic hydroxyl groups is 1. The Kier molecular flexibility index (Phi) is 4.22. The predicted molar refractivity (Wildman–Crippen MR) is 64.7 cm³/mol. The summed E-state index contributed by atoms with van der Waals surface area (Å²) in [5.41, 5.74) is -1.62. The van der Waals surface area contributed by atoms with E-state index in [0.717, 1.165) is 30.6 Å². The molecule has 1 atom stereocenters. The van der Waals surface area contributed by atoms with E-state index in [2.05, 4.69) is 4.98 Å². The van der Waals surface area contributed by atoms with E-state index in [0.29, 0.717) is 0 Å². The SMILES string of the molecule is OC(c1ccc(C(F)F)cc1)c1cnccc1C(F)(F)F. The maximum Gasteiger partial charge on any atom is 0.416 e. The van der Waals surface area contributed by atoms with E-state index in [1.54, 1.807) is 0 Å². The molecule has 0 amide bonds. The van der Waals surface area contributed by atoms with Gasteiger partial charge in [-0.2, -0.15) is 13.2 Å². The number of aliphatic hydroxyl groups excluding tert-OH is 1. The van der Waals surface area contributed by atoms with Gasteiger partial charge < -0.3 is 5.11 Å². The number of aromatic nitrogens is 1. The number of hydrogen-bond acceptors (Lipinski definition) is 2. The molecule has 7 heteroatoms. The number of halogens is 5. The molecule has 0 bridgehead atoms. The molecular weight excluding hydrogens is 293 g/mol. The minimum Gasteiger partial charge on any atom is -0.384 e. The quantitative estimate of drug-likeness (QED) is 0.865. The fourth-order valence-corrected chi connectivity index (χ4v) is 1.89. The van der Waals surface area contributed by atoms with Crippen LogP contribution in [0.1, 0.15) is 34.8 Å². The molecule has 1 N–H and O–H groups in total. The number of alkyl halides is 5. The standard InChI is InChI=1S/C14H10F5NO/c15-13(16)9-3-1-8(2-4-9)12(21)10-7-20-6-5-11(10)14(17,18)19/h1-7,12-13,21H. The van der Waals surface area contributed by atoms with E-state index in [9.17, 15) is 27.1 Å². The van der Waals surface area contributed by atoms with Crippen LogP contribution in [0.3, 0.4) is 0 Å². The van der Waals surface area contributed by atoms with Gasteiger partial charge in [-0.3, -0.25) is 4.98 Å². The molecule has 0 aliphatic carbocycles. The number of hydrogen-bond donors (Lipinski definition) is 1. The maximum atomic E-state index is 12.9. The lowest BCUT2D eigenvalue weighted by molar-refractivity contribution is -0.139. The Labute approximate surface area is 116 Å². The summed E-state index contributed by atoms with van der Waals surface area (Å²) in [6.45, 7) is 0. The van der Waals surface area contributed by atoms with Crippen LogP contribution < -0.4 is 0 Å². The van der Waals surface area contributed by atoms with Gasteiger partial charge in [0.15, 0.2) is 0 Å². The summed E-state index contributed by atoms with van der Waals surface area (Å²) < 4.78 is 63.4. The Bertz CT molecular complexity index is 610. The lowest BCUT2D eigenvalue weighted by Gasteiger charge is -2.17. The highest BCUT2D eigenvalue weighted by atomic mass is 19.4. The lowest BCUT2D eigenvalue weighted by atomic mass is 9.97. The third kappa shape index (κ3) is 3.36. The molecule has 0 fully saturated rings. The first-order chi connectivity index (χ1) is 9.80. The number of nitrogens with zero attached hydrogens (tertiary/aromatic N) is 1. The van der Waals surface area contributed by atoms with E-state index in [1.165, 1.54) is 12.1 Å². The molecule has 2 nitrogen and oxygen atoms in total. The first-order valence-corrected chi connectivity index (χ1v) is 5.88. The molecule has 0 saturated carbocycles. The number of rotatable bonds is 3. The van der Waals surface area contributed by atoms with Crippen molar-refractivity contribution in [3.05, 3.63) is 65.0 Å². The summed E-state index contributed by atoms with van der Waals surface area (Å²) in [6, 6.07) is 5.21. The van der Waals surface area contributed by atoms with E-state index in [4.69, 9.17) is 0 Å². The second-order valence-corrected chi connectivity index (χ2v) is 4.33. The second-order valence-electron chi connectivity index (χ2n) is 4.33. The average Bonchev–Trinajstić information content (AvgIpc) is 2.45. The fraction of sp³-hybridized carbons (Fsp3) is 0.214. The molecule has 0 spiro atoms. The van der Waals surface area contributed by atoms with Gasteiger partial charge in [0.05, 0.1) is 5.56 Å². The van der Waals surface area contributed by atoms with Crippen molar-refractivity contribution in [1.82, 2.24) is 4.98 Å². The molecule has 0 aliphatic heterocycles. The van der Waals surface area contributed by atoms with Gasteiger partial charge in [-0.15, -0.1) is 0 Å². The van der Waals surface area contributed by atoms with Crippen LogP contribution in [-0.2, 0) is 6.18 Å². The predicted octanol–water partition coefficient (Wildman–Crippen LogP) is 4.12. The zero-order valence-electron chi connectivity index (χ0n) is 10.5. The smallest absolute Gasteiger partial charge is 0.384 e. The second kappa shape index (κ2) is 5.77. The van der Waals surface area contributed by atoms with E-state index in [1.807, 2.05) is 0 Å². The lowest BCUT2D eigenvalue weighted by Crippen LogP contribution is -2.13. The Morgan fingerprint density at radius 1 is 0.952 bits per heavy atom. The van der Waals surface area contributed by atoms with Gasteiger partial charge in [-0.25, -0.2) is 8.78 Å². The van der Waals surface area contributed by atoms with Crippen LogP contribution in [0.4, 0.5) is 22.0 Å². The van der Waals surface area contributed by atoms with Crippen molar-refractivity contribution < 1.29 is 27.1 Å². The molecule has 21 heavy (non-hydrogen) atoms. The third-order valence-electron chi connectivity index (χ3n) is 2.96. The minimum atomic E-state index is -4.64. The maximum absolute atomic E-state index is 12.9. The zero-order valence-corrected chi connectivity index (χ0v) is 10.5. The summed E-state index contributed by atoms with van der Waals surface area (Å²) in [4.78, 5) is 3.57. The minimum absolute atomic E-state index is 0.0814. The van der Waals surface area contributed by atoms with Crippen LogP contribution in [0, 0.1) is 0 Å². The van der Waals surface area contributed by atoms with Crippen LogP contribution in [0.5, 0.6) is 0 Å². The molecule has 112 valence electrons. The Hall–Kier alpha value is -2.02. The van der Waals surface area contributed by atoms with Gasteiger partial charge >= 0.3 is 6.18 Å². The molecule has 0 saturated heterocycles.